The van der Waals surface area contributed by atoms with Crippen molar-refractivity contribution in [3.63, 3.8) is 0 Å². The Morgan fingerprint density at radius 1 is 1.47 bits per heavy atom. The molecule has 1 fully saturated rings. The van der Waals surface area contributed by atoms with E-state index in [0.717, 1.165) is 39.0 Å². The maximum atomic E-state index is 11.5. The first-order chi connectivity index (χ1) is 8.34. The lowest BCUT2D eigenvalue weighted by Crippen LogP contribution is -2.44. The maximum Gasteiger partial charge on any atom is 0.220 e. The molecule has 0 radical (unpaired) electrons. The van der Waals surface area contributed by atoms with E-state index in [2.05, 4.69) is 20.2 Å². The highest BCUT2D eigenvalue weighted by atomic mass is 16.1. The third-order valence-electron chi connectivity index (χ3n) is 3.06. The fourth-order valence-electron chi connectivity index (χ4n) is 1.89. The predicted molar refractivity (Wildman–Crippen MR) is 65.4 cm³/mol. The number of aryl methyl sites for hydroxylation is 1. The number of rotatable bonds is 7. The van der Waals surface area contributed by atoms with Crippen LogP contribution in [-0.4, -0.2) is 35.1 Å². The first-order valence-electron chi connectivity index (χ1n) is 6.28. The molecular weight excluding hydrogens is 216 g/mol. The quantitative estimate of drug-likeness (QED) is 0.673. The van der Waals surface area contributed by atoms with E-state index in [-0.39, 0.29) is 5.91 Å². The Bertz CT molecular complexity index is 332. The molecule has 1 aliphatic rings. The highest BCUT2D eigenvalue weighted by Crippen LogP contribution is 2.07. The molecule has 1 saturated heterocycles. The Labute approximate surface area is 102 Å². The smallest absolute Gasteiger partial charge is 0.220 e. The molecule has 1 amide bonds. The SMILES string of the molecule is O=C(CC1CNC1)NCCCCn1ccnc1. The van der Waals surface area contributed by atoms with Gasteiger partial charge in [-0.1, -0.05) is 0 Å². The second-order valence-electron chi connectivity index (χ2n) is 4.59. The molecular formula is C12H20N4O. The van der Waals surface area contributed by atoms with Crippen LogP contribution in [0.15, 0.2) is 18.7 Å². The van der Waals surface area contributed by atoms with E-state index >= 15 is 0 Å². The number of hydrogen-bond donors (Lipinski definition) is 2. The van der Waals surface area contributed by atoms with Gasteiger partial charge in [-0.2, -0.15) is 0 Å². The van der Waals surface area contributed by atoms with Crippen molar-refractivity contribution in [1.29, 1.82) is 0 Å². The van der Waals surface area contributed by atoms with Crippen molar-refractivity contribution >= 4 is 5.91 Å². The Morgan fingerprint density at radius 2 is 2.35 bits per heavy atom. The molecule has 0 bridgehead atoms. The molecule has 5 nitrogen and oxygen atoms in total. The zero-order valence-electron chi connectivity index (χ0n) is 10.1. The minimum absolute atomic E-state index is 0.194. The van der Waals surface area contributed by atoms with Gasteiger partial charge in [0.2, 0.25) is 5.91 Å². The summed E-state index contributed by atoms with van der Waals surface area (Å²) in [6, 6.07) is 0. The van der Waals surface area contributed by atoms with Gasteiger partial charge in [0, 0.05) is 31.9 Å². The first-order valence-corrected chi connectivity index (χ1v) is 6.28. The summed E-state index contributed by atoms with van der Waals surface area (Å²) in [7, 11) is 0. The van der Waals surface area contributed by atoms with E-state index in [1.807, 2.05) is 12.5 Å². The van der Waals surface area contributed by atoms with E-state index in [1.54, 1.807) is 6.20 Å². The van der Waals surface area contributed by atoms with E-state index in [4.69, 9.17) is 0 Å². The van der Waals surface area contributed by atoms with E-state index in [0.29, 0.717) is 12.3 Å². The minimum Gasteiger partial charge on any atom is -0.356 e. The average Bonchev–Trinajstić information content (AvgIpc) is 2.76. The molecule has 2 N–H and O–H groups in total. The molecule has 5 heteroatoms. The number of nitrogens with one attached hydrogen (secondary N) is 2. The topological polar surface area (TPSA) is 59.0 Å². The summed E-state index contributed by atoms with van der Waals surface area (Å²) in [5, 5.41) is 6.14. The van der Waals surface area contributed by atoms with Gasteiger partial charge in [-0.05, 0) is 31.8 Å². The second kappa shape index (κ2) is 6.39. The molecule has 0 atom stereocenters. The lowest BCUT2D eigenvalue weighted by Gasteiger charge is -2.26. The Hall–Kier alpha value is -1.36. The maximum absolute atomic E-state index is 11.5. The van der Waals surface area contributed by atoms with Crippen LogP contribution >= 0.6 is 0 Å². The summed E-state index contributed by atoms with van der Waals surface area (Å²) in [4.78, 5) is 15.5. The number of amides is 1. The largest absolute Gasteiger partial charge is 0.356 e. The van der Waals surface area contributed by atoms with Crippen LogP contribution in [0.1, 0.15) is 19.3 Å². The Balaban J connectivity index is 1.46. The lowest BCUT2D eigenvalue weighted by atomic mass is 9.99. The summed E-state index contributed by atoms with van der Waals surface area (Å²) in [5.74, 6) is 0.750. The number of nitrogens with zero attached hydrogens (tertiary/aromatic N) is 2. The van der Waals surface area contributed by atoms with Gasteiger partial charge in [-0.15, -0.1) is 0 Å². The monoisotopic (exact) mass is 236 g/mol. The van der Waals surface area contributed by atoms with Crippen molar-refractivity contribution in [2.24, 2.45) is 5.92 Å². The zero-order chi connectivity index (χ0) is 11.9. The molecule has 1 aromatic heterocycles. The molecule has 1 aromatic rings. The number of imidazole rings is 1. The van der Waals surface area contributed by atoms with Crippen molar-refractivity contribution in [3.8, 4) is 0 Å². The Morgan fingerprint density at radius 3 is 3.00 bits per heavy atom. The number of aromatic nitrogens is 2. The number of hydrogen-bond acceptors (Lipinski definition) is 3. The number of carbonyl (C=O) groups is 1. The molecule has 0 aliphatic carbocycles. The third-order valence-corrected chi connectivity index (χ3v) is 3.06. The van der Waals surface area contributed by atoms with E-state index < -0.39 is 0 Å². The van der Waals surface area contributed by atoms with Crippen LogP contribution in [-0.2, 0) is 11.3 Å². The molecule has 2 heterocycles. The van der Waals surface area contributed by atoms with Crippen LogP contribution in [0.4, 0.5) is 0 Å². The van der Waals surface area contributed by atoms with Gasteiger partial charge in [0.05, 0.1) is 6.33 Å². The standard InChI is InChI=1S/C12H20N4O/c17-12(7-11-8-14-9-11)15-3-1-2-5-16-6-4-13-10-16/h4,6,10-11,14H,1-3,5,7-9H2,(H,15,17). The van der Waals surface area contributed by atoms with E-state index in [9.17, 15) is 4.79 Å². The van der Waals surface area contributed by atoms with Gasteiger partial charge >= 0.3 is 0 Å². The van der Waals surface area contributed by atoms with Gasteiger partial charge in [0.1, 0.15) is 0 Å². The molecule has 0 saturated carbocycles. The van der Waals surface area contributed by atoms with E-state index in [1.165, 1.54) is 0 Å². The van der Waals surface area contributed by atoms with Crippen LogP contribution in [0.5, 0.6) is 0 Å². The van der Waals surface area contributed by atoms with Gasteiger partial charge in [-0.3, -0.25) is 4.79 Å². The summed E-state index contributed by atoms with van der Waals surface area (Å²) >= 11 is 0. The molecule has 0 spiro atoms. The number of carbonyl (C=O) groups excluding carboxylic acids is 1. The molecule has 0 unspecified atom stereocenters. The Kier molecular flexibility index (Phi) is 4.55. The van der Waals surface area contributed by atoms with Crippen molar-refractivity contribution in [2.75, 3.05) is 19.6 Å². The highest BCUT2D eigenvalue weighted by Gasteiger charge is 2.19. The number of unbranched alkanes of at least 4 members (excludes halogenated alkanes) is 1. The van der Waals surface area contributed by atoms with Gasteiger partial charge in [0.15, 0.2) is 0 Å². The fourth-order valence-corrected chi connectivity index (χ4v) is 1.89. The molecule has 17 heavy (non-hydrogen) atoms. The van der Waals surface area contributed by atoms with Crippen molar-refractivity contribution in [2.45, 2.75) is 25.8 Å². The molecule has 1 aliphatic heterocycles. The summed E-state index contributed by atoms with van der Waals surface area (Å²) in [6.07, 6.45) is 8.34. The van der Waals surface area contributed by atoms with Crippen LogP contribution in [0, 0.1) is 5.92 Å². The van der Waals surface area contributed by atoms with Crippen LogP contribution in [0.2, 0.25) is 0 Å². The van der Waals surface area contributed by atoms with Gasteiger partial charge in [-0.25, -0.2) is 4.98 Å². The highest BCUT2D eigenvalue weighted by molar-refractivity contribution is 5.76. The third kappa shape index (κ3) is 4.19. The predicted octanol–water partition coefficient (Wildman–Crippen LogP) is 0.389. The minimum atomic E-state index is 0.194. The summed E-state index contributed by atoms with van der Waals surface area (Å²) < 4.78 is 2.06. The van der Waals surface area contributed by atoms with Crippen molar-refractivity contribution < 1.29 is 4.79 Å². The summed E-state index contributed by atoms with van der Waals surface area (Å²) in [6.45, 7) is 3.75. The normalized spacial score (nSPS) is 15.5. The molecule has 0 aromatic carbocycles. The summed E-state index contributed by atoms with van der Waals surface area (Å²) in [5.41, 5.74) is 0. The van der Waals surface area contributed by atoms with Crippen LogP contribution in [0.25, 0.3) is 0 Å². The lowest BCUT2D eigenvalue weighted by molar-refractivity contribution is -0.122. The first kappa shape index (κ1) is 12.1. The van der Waals surface area contributed by atoms with Gasteiger partial charge < -0.3 is 15.2 Å². The average molecular weight is 236 g/mol. The molecule has 94 valence electrons. The van der Waals surface area contributed by atoms with Crippen LogP contribution < -0.4 is 10.6 Å². The van der Waals surface area contributed by atoms with Gasteiger partial charge in [0.25, 0.3) is 0 Å². The fraction of sp³-hybridized carbons (Fsp3) is 0.667. The van der Waals surface area contributed by atoms with Crippen molar-refractivity contribution in [3.05, 3.63) is 18.7 Å². The zero-order valence-corrected chi connectivity index (χ0v) is 10.1. The molecule has 2 rings (SSSR count). The van der Waals surface area contributed by atoms with Crippen molar-refractivity contribution in [1.82, 2.24) is 20.2 Å². The van der Waals surface area contributed by atoms with Crippen LogP contribution in [0.3, 0.4) is 0 Å². The second-order valence-corrected chi connectivity index (χ2v) is 4.59.